The Morgan fingerprint density at radius 2 is 1.77 bits per heavy atom. The molecule has 6 heteroatoms. The molecule has 0 atom stereocenters. The number of halogens is 1. The second kappa shape index (κ2) is 8.54. The fraction of sp³-hybridized carbons (Fsp3) is 0.200. The molecule has 0 amide bonds. The Labute approximate surface area is 158 Å². The molecule has 134 valence electrons. The van der Waals surface area contributed by atoms with E-state index in [-0.39, 0.29) is 0 Å². The lowest BCUT2D eigenvalue weighted by molar-refractivity contribution is 0.414. The van der Waals surface area contributed by atoms with Gasteiger partial charge in [0.15, 0.2) is 0 Å². The summed E-state index contributed by atoms with van der Waals surface area (Å²) in [5, 5.41) is 7.29. The summed E-state index contributed by atoms with van der Waals surface area (Å²) in [6, 6.07) is 17.5. The van der Waals surface area contributed by atoms with Crippen LogP contribution in [-0.4, -0.2) is 23.6 Å². The number of ether oxygens (including phenoxy) is 1. The van der Waals surface area contributed by atoms with Crippen molar-refractivity contribution in [2.24, 2.45) is 0 Å². The Hall–Kier alpha value is -2.79. The molecular formula is C20H21ClN4O. The van der Waals surface area contributed by atoms with E-state index in [4.69, 9.17) is 16.3 Å². The molecule has 0 saturated heterocycles. The molecule has 1 aromatic heterocycles. The van der Waals surface area contributed by atoms with Crippen LogP contribution in [0.15, 0.2) is 54.6 Å². The van der Waals surface area contributed by atoms with E-state index in [1.807, 2.05) is 49.4 Å². The van der Waals surface area contributed by atoms with Crippen LogP contribution in [0, 0.1) is 6.92 Å². The Morgan fingerprint density at radius 3 is 2.50 bits per heavy atom. The molecule has 0 aliphatic heterocycles. The maximum absolute atomic E-state index is 6.03. The third kappa shape index (κ3) is 5.10. The predicted octanol–water partition coefficient (Wildman–Crippen LogP) is 4.85. The first-order valence-electron chi connectivity index (χ1n) is 8.37. The van der Waals surface area contributed by atoms with Crippen molar-refractivity contribution in [1.82, 2.24) is 9.97 Å². The van der Waals surface area contributed by atoms with Crippen LogP contribution in [0.5, 0.6) is 5.75 Å². The summed E-state index contributed by atoms with van der Waals surface area (Å²) in [5.74, 6) is 3.08. The summed E-state index contributed by atoms with van der Waals surface area (Å²) >= 11 is 6.03. The molecule has 0 aliphatic carbocycles. The molecule has 5 nitrogen and oxygen atoms in total. The summed E-state index contributed by atoms with van der Waals surface area (Å²) in [6.07, 6.45) is 0.893. The molecule has 0 aliphatic rings. The van der Waals surface area contributed by atoms with E-state index in [9.17, 15) is 0 Å². The zero-order chi connectivity index (χ0) is 18.4. The molecule has 0 spiro atoms. The van der Waals surface area contributed by atoms with Gasteiger partial charge in [0.2, 0.25) is 0 Å². The summed E-state index contributed by atoms with van der Waals surface area (Å²) < 4.78 is 5.18. The van der Waals surface area contributed by atoms with Crippen molar-refractivity contribution in [3.63, 3.8) is 0 Å². The number of aryl methyl sites for hydroxylation is 1. The minimum absolute atomic E-state index is 0.679. The molecular weight excluding hydrogens is 348 g/mol. The van der Waals surface area contributed by atoms with E-state index in [1.54, 1.807) is 7.11 Å². The molecule has 1 heterocycles. The average molecular weight is 369 g/mol. The van der Waals surface area contributed by atoms with Gasteiger partial charge in [-0.15, -0.1) is 0 Å². The largest absolute Gasteiger partial charge is 0.497 e. The molecule has 3 rings (SSSR count). The molecule has 0 radical (unpaired) electrons. The first kappa shape index (κ1) is 18.0. The highest BCUT2D eigenvalue weighted by molar-refractivity contribution is 6.30. The van der Waals surface area contributed by atoms with Crippen molar-refractivity contribution < 1.29 is 4.74 Å². The van der Waals surface area contributed by atoms with Crippen molar-refractivity contribution in [1.29, 1.82) is 0 Å². The number of nitrogens with one attached hydrogen (secondary N) is 2. The topological polar surface area (TPSA) is 59.1 Å². The summed E-state index contributed by atoms with van der Waals surface area (Å²) in [7, 11) is 1.67. The van der Waals surface area contributed by atoms with Gasteiger partial charge in [-0.1, -0.05) is 29.8 Å². The number of aromatic nitrogens is 2. The van der Waals surface area contributed by atoms with Crippen molar-refractivity contribution >= 4 is 28.9 Å². The first-order chi connectivity index (χ1) is 12.6. The first-order valence-corrected chi connectivity index (χ1v) is 8.75. The van der Waals surface area contributed by atoms with Gasteiger partial charge in [-0.3, -0.25) is 0 Å². The fourth-order valence-corrected chi connectivity index (χ4v) is 2.75. The van der Waals surface area contributed by atoms with Crippen molar-refractivity contribution in [3.05, 3.63) is 71.0 Å². The van der Waals surface area contributed by atoms with Crippen LogP contribution in [0.25, 0.3) is 0 Å². The third-order valence-electron chi connectivity index (χ3n) is 3.81. The molecule has 26 heavy (non-hydrogen) atoms. The Bertz CT molecular complexity index is 868. The zero-order valence-electron chi connectivity index (χ0n) is 14.8. The molecule has 2 aromatic carbocycles. The quantitative estimate of drug-likeness (QED) is 0.624. The predicted molar refractivity (Wildman–Crippen MR) is 107 cm³/mol. The summed E-state index contributed by atoms with van der Waals surface area (Å²) in [5.41, 5.74) is 2.13. The van der Waals surface area contributed by atoms with E-state index >= 15 is 0 Å². The van der Waals surface area contributed by atoms with E-state index < -0.39 is 0 Å². The monoisotopic (exact) mass is 368 g/mol. The molecule has 0 fully saturated rings. The SMILES string of the molecule is COc1ccc(CCNc2cc(Nc3cccc(Cl)c3)nc(C)n2)cc1. The van der Waals surface area contributed by atoms with Gasteiger partial charge in [0.25, 0.3) is 0 Å². The van der Waals surface area contributed by atoms with Crippen LogP contribution >= 0.6 is 11.6 Å². The van der Waals surface area contributed by atoms with E-state index in [1.165, 1.54) is 5.56 Å². The minimum atomic E-state index is 0.679. The smallest absolute Gasteiger partial charge is 0.136 e. The number of hydrogen-bond acceptors (Lipinski definition) is 5. The fourth-order valence-electron chi connectivity index (χ4n) is 2.56. The standard InChI is InChI=1S/C20H21ClN4O/c1-14-23-19(22-11-10-15-6-8-18(26-2)9-7-15)13-20(24-14)25-17-5-3-4-16(21)12-17/h3-9,12-13H,10-11H2,1-2H3,(H2,22,23,24,25). The summed E-state index contributed by atoms with van der Waals surface area (Å²) in [6.45, 7) is 2.65. The van der Waals surface area contributed by atoms with Crippen LogP contribution in [-0.2, 0) is 6.42 Å². The number of anilines is 3. The van der Waals surface area contributed by atoms with E-state index in [2.05, 4.69) is 32.7 Å². The van der Waals surface area contributed by atoms with Gasteiger partial charge >= 0.3 is 0 Å². The van der Waals surface area contributed by atoms with Gasteiger partial charge < -0.3 is 15.4 Å². The Kier molecular flexibility index (Phi) is 5.92. The Morgan fingerprint density at radius 1 is 1.00 bits per heavy atom. The Balaban J connectivity index is 1.61. The van der Waals surface area contributed by atoms with Gasteiger partial charge in [-0.25, -0.2) is 9.97 Å². The normalized spacial score (nSPS) is 10.4. The number of methoxy groups -OCH3 is 1. The van der Waals surface area contributed by atoms with Gasteiger partial charge in [0.1, 0.15) is 23.2 Å². The lowest BCUT2D eigenvalue weighted by Crippen LogP contribution is -2.08. The van der Waals surface area contributed by atoms with Gasteiger partial charge in [-0.2, -0.15) is 0 Å². The molecule has 2 N–H and O–H groups in total. The molecule has 0 unspecified atom stereocenters. The maximum atomic E-state index is 6.03. The van der Waals surface area contributed by atoms with Crippen molar-refractivity contribution in [2.75, 3.05) is 24.3 Å². The highest BCUT2D eigenvalue weighted by Gasteiger charge is 2.03. The van der Waals surface area contributed by atoms with Crippen LogP contribution in [0.1, 0.15) is 11.4 Å². The summed E-state index contributed by atoms with van der Waals surface area (Å²) in [4.78, 5) is 8.87. The number of benzene rings is 2. The second-order valence-corrected chi connectivity index (χ2v) is 6.28. The van der Waals surface area contributed by atoms with Crippen LogP contribution in [0.3, 0.4) is 0 Å². The number of hydrogen-bond donors (Lipinski definition) is 2. The highest BCUT2D eigenvalue weighted by atomic mass is 35.5. The number of nitrogens with zero attached hydrogens (tertiary/aromatic N) is 2. The molecule has 0 saturated carbocycles. The third-order valence-corrected chi connectivity index (χ3v) is 4.05. The van der Waals surface area contributed by atoms with Crippen LogP contribution in [0.4, 0.5) is 17.3 Å². The van der Waals surface area contributed by atoms with Crippen LogP contribution in [0.2, 0.25) is 5.02 Å². The minimum Gasteiger partial charge on any atom is -0.497 e. The number of rotatable bonds is 7. The van der Waals surface area contributed by atoms with Gasteiger partial charge in [-0.05, 0) is 49.2 Å². The van der Waals surface area contributed by atoms with Gasteiger partial charge in [0.05, 0.1) is 7.11 Å². The van der Waals surface area contributed by atoms with E-state index in [0.717, 1.165) is 36.0 Å². The van der Waals surface area contributed by atoms with Crippen LogP contribution < -0.4 is 15.4 Å². The van der Waals surface area contributed by atoms with Crippen molar-refractivity contribution in [3.8, 4) is 5.75 Å². The van der Waals surface area contributed by atoms with Gasteiger partial charge in [0, 0.05) is 23.3 Å². The molecule has 0 bridgehead atoms. The second-order valence-electron chi connectivity index (χ2n) is 5.85. The molecule has 3 aromatic rings. The lowest BCUT2D eigenvalue weighted by atomic mass is 10.1. The zero-order valence-corrected chi connectivity index (χ0v) is 15.5. The maximum Gasteiger partial charge on any atom is 0.136 e. The van der Waals surface area contributed by atoms with Crippen molar-refractivity contribution in [2.45, 2.75) is 13.3 Å². The highest BCUT2D eigenvalue weighted by Crippen LogP contribution is 2.20. The average Bonchev–Trinajstić information content (AvgIpc) is 2.62. The lowest BCUT2D eigenvalue weighted by Gasteiger charge is -2.11. The van der Waals surface area contributed by atoms with E-state index in [0.29, 0.717) is 10.8 Å².